The van der Waals surface area contributed by atoms with Gasteiger partial charge < -0.3 is 10.6 Å². The van der Waals surface area contributed by atoms with Crippen LogP contribution < -0.4 is 10.6 Å². The van der Waals surface area contributed by atoms with E-state index in [4.69, 9.17) is 0 Å². The second-order valence-corrected chi connectivity index (χ2v) is 6.03. The van der Waals surface area contributed by atoms with Gasteiger partial charge in [0.1, 0.15) is 5.82 Å². The van der Waals surface area contributed by atoms with Gasteiger partial charge in [0, 0.05) is 12.7 Å². The number of pyridine rings is 1. The Balaban J connectivity index is 1.44. The number of benzene rings is 1. The Morgan fingerprint density at radius 3 is 2.87 bits per heavy atom. The molecule has 0 aliphatic heterocycles. The summed E-state index contributed by atoms with van der Waals surface area (Å²) in [6.07, 6.45) is 3.81. The molecule has 2 amide bonds. The molecule has 3 atom stereocenters. The monoisotopic (exact) mass is 313 g/mol. The summed E-state index contributed by atoms with van der Waals surface area (Å²) in [5, 5.41) is 5.70. The smallest absolute Gasteiger partial charge is 0.315 e. The van der Waals surface area contributed by atoms with E-state index in [9.17, 15) is 9.18 Å². The van der Waals surface area contributed by atoms with Crippen LogP contribution in [-0.2, 0) is 0 Å². The van der Waals surface area contributed by atoms with Gasteiger partial charge in [0.05, 0.1) is 12.2 Å². The fourth-order valence-electron chi connectivity index (χ4n) is 2.80. The molecule has 120 valence electrons. The molecule has 1 fully saturated rings. The maximum absolute atomic E-state index is 13.1. The third kappa shape index (κ3) is 4.06. The summed E-state index contributed by atoms with van der Waals surface area (Å²) in [7, 11) is 0. The Hall–Kier alpha value is -2.43. The van der Waals surface area contributed by atoms with Crippen molar-refractivity contribution < 1.29 is 9.18 Å². The zero-order valence-electron chi connectivity index (χ0n) is 13.0. The van der Waals surface area contributed by atoms with E-state index in [0.717, 1.165) is 12.6 Å². The number of hydrogen-bond donors (Lipinski definition) is 2. The fraction of sp³-hybridized carbons (Fsp3) is 0.333. The molecule has 1 aromatic carbocycles. The number of hydrogen-bond acceptors (Lipinski definition) is 2. The van der Waals surface area contributed by atoms with Crippen LogP contribution in [0.15, 0.2) is 48.8 Å². The second-order valence-electron chi connectivity index (χ2n) is 6.03. The van der Waals surface area contributed by atoms with Crippen LogP contribution in [0.4, 0.5) is 9.18 Å². The summed E-state index contributed by atoms with van der Waals surface area (Å²) in [6, 6.07) is 11.2. The van der Waals surface area contributed by atoms with Crippen molar-refractivity contribution in [3.8, 4) is 0 Å². The van der Waals surface area contributed by atoms with Gasteiger partial charge in [0.2, 0.25) is 0 Å². The van der Waals surface area contributed by atoms with Crippen LogP contribution in [-0.4, -0.2) is 17.6 Å². The topological polar surface area (TPSA) is 54.0 Å². The Bertz CT molecular complexity index is 677. The first-order valence-electron chi connectivity index (χ1n) is 7.83. The number of halogens is 1. The molecule has 5 heteroatoms. The molecule has 0 spiro atoms. The number of nitrogens with zero attached hydrogens (tertiary/aromatic N) is 1. The molecule has 1 aliphatic carbocycles. The number of rotatable bonds is 5. The molecule has 23 heavy (non-hydrogen) atoms. The Kier molecular flexibility index (Phi) is 4.55. The van der Waals surface area contributed by atoms with Crippen LogP contribution in [0.3, 0.4) is 0 Å². The number of urea groups is 1. The van der Waals surface area contributed by atoms with Gasteiger partial charge in [0.15, 0.2) is 0 Å². The highest BCUT2D eigenvalue weighted by Gasteiger charge is 2.38. The molecule has 1 aromatic heterocycles. The SMILES string of the molecule is C[C@H](NC(=O)NC[C@@H]1C[C@H]1c1ccccc1)c1cncc(F)c1. The van der Waals surface area contributed by atoms with E-state index in [0.29, 0.717) is 23.9 Å². The van der Waals surface area contributed by atoms with Crippen molar-refractivity contribution >= 4 is 6.03 Å². The molecule has 2 N–H and O–H groups in total. The normalized spacial score (nSPS) is 20.6. The van der Waals surface area contributed by atoms with Gasteiger partial charge in [-0.1, -0.05) is 30.3 Å². The van der Waals surface area contributed by atoms with Crippen molar-refractivity contribution in [1.29, 1.82) is 0 Å². The standard InChI is InChI=1S/C18H20FN3O/c1-12(14-7-16(19)11-20-9-14)22-18(23)21-10-15-8-17(15)13-5-3-2-4-6-13/h2-7,9,11-12,15,17H,8,10H2,1H3,(H2,21,22,23)/t12-,15-,17-/m0/s1. The Morgan fingerprint density at radius 1 is 1.35 bits per heavy atom. The van der Waals surface area contributed by atoms with Crippen molar-refractivity contribution in [2.45, 2.75) is 25.3 Å². The lowest BCUT2D eigenvalue weighted by molar-refractivity contribution is 0.237. The van der Waals surface area contributed by atoms with Gasteiger partial charge in [-0.2, -0.15) is 0 Å². The number of carbonyl (C=O) groups is 1. The van der Waals surface area contributed by atoms with Crippen LogP contribution in [0.25, 0.3) is 0 Å². The first-order valence-corrected chi connectivity index (χ1v) is 7.83. The van der Waals surface area contributed by atoms with E-state index in [1.165, 1.54) is 11.6 Å². The van der Waals surface area contributed by atoms with Gasteiger partial charge >= 0.3 is 6.03 Å². The molecular weight excluding hydrogens is 293 g/mol. The van der Waals surface area contributed by atoms with Gasteiger partial charge in [-0.3, -0.25) is 4.98 Å². The lowest BCUT2D eigenvalue weighted by Crippen LogP contribution is -2.38. The molecule has 0 saturated heterocycles. The largest absolute Gasteiger partial charge is 0.338 e. The average Bonchev–Trinajstić information content (AvgIpc) is 3.33. The minimum atomic E-state index is -0.403. The van der Waals surface area contributed by atoms with Crippen molar-refractivity contribution in [3.63, 3.8) is 0 Å². The quantitative estimate of drug-likeness (QED) is 0.889. The molecule has 3 rings (SSSR count). The zero-order chi connectivity index (χ0) is 16.2. The molecule has 0 unspecified atom stereocenters. The van der Waals surface area contributed by atoms with Crippen LogP contribution in [0.1, 0.15) is 36.4 Å². The lowest BCUT2D eigenvalue weighted by atomic mass is 10.1. The highest BCUT2D eigenvalue weighted by Crippen LogP contribution is 2.46. The van der Waals surface area contributed by atoms with Crippen LogP contribution in [0.5, 0.6) is 0 Å². The van der Waals surface area contributed by atoms with Crippen LogP contribution >= 0.6 is 0 Å². The maximum atomic E-state index is 13.1. The average molecular weight is 313 g/mol. The zero-order valence-corrected chi connectivity index (χ0v) is 13.0. The second kappa shape index (κ2) is 6.77. The minimum absolute atomic E-state index is 0.236. The molecule has 0 radical (unpaired) electrons. The van der Waals surface area contributed by atoms with Gasteiger partial charge in [-0.15, -0.1) is 0 Å². The van der Waals surface area contributed by atoms with Crippen molar-refractivity contribution in [1.82, 2.24) is 15.6 Å². The Labute approximate surface area is 135 Å². The maximum Gasteiger partial charge on any atom is 0.315 e. The molecule has 1 saturated carbocycles. The molecule has 4 nitrogen and oxygen atoms in total. The molecule has 2 aromatic rings. The van der Waals surface area contributed by atoms with Crippen molar-refractivity contribution in [2.24, 2.45) is 5.92 Å². The number of aromatic nitrogens is 1. The summed E-state index contributed by atoms with van der Waals surface area (Å²) in [5.74, 6) is 0.635. The van der Waals surface area contributed by atoms with Crippen molar-refractivity contribution in [3.05, 3.63) is 65.7 Å². The van der Waals surface area contributed by atoms with E-state index in [1.54, 1.807) is 13.1 Å². The van der Waals surface area contributed by atoms with Gasteiger partial charge in [-0.05, 0) is 42.4 Å². The third-order valence-electron chi connectivity index (χ3n) is 4.25. The fourth-order valence-corrected chi connectivity index (χ4v) is 2.80. The first kappa shape index (κ1) is 15.5. The van der Waals surface area contributed by atoms with Gasteiger partial charge in [0.25, 0.3) is 0 Å². The highest BCUT2D eigenvalue weighted by molar-refractivity contribution is 5.74. The molecule has 1 heterocycles. The van der Waals surface area contributed by atoms with E-state index in [-0.39, 0.29) is 12.1 Å². The number of nitrogens with one attached hydrogen (secondary N) is 2. The van der Waals surface area contributed by atoms with E-state index < -0.39 is 5.82 Å². The predicted molar refractivity (Wildman–Crippen MR) is 86.4 cm³/mol. The highest BCUT2D eigenvalue weighted by atomic mass is 19.1. The summed E-state index contributed by atoms with van der Waals surface area (Å²) in [6.45, 7) is 2.46. The van der Waals surface area contributed by atoms with E-state index >= 15 is 0 Å². The van der Waals surface area contributed by atoms with E-state index in [2.05, 4.69) is 27.8 Å². The summed E-state index contributed by atoms with van der Waals surface area (Å²) >= 11 is 0. The molecular formula is C18H20FN3O. The summed E-state index contributed by atoms with van der Waals surface area (Å²) in [4.78, 5) is 15.7. The minimum Gasteiger partial charge on any atom is -0.338 e. The first-order chi connectivity index (χ1) is 11.1. The summed E-state index contributed by atoms with van der Waals surface area (Å²) in [5.41, 5.74) is 1.98. The third-order valence-corrected chi connectivity index (χ3v) is 4.25. The molecule has 0 bridgehead atoms. The van der Waals surface area contributed by atoms with E-state index in [1.807, 2.05) is 18.2 Å². The van der Waals surface area contributed by atoms with Crippen molar-refractivity contribution in [2.75, 3.05) is 6.54 Å². The predicted octanol–water partition coefficient (Wildman–Crippen LogP) is 3.38. The summed E-state index contributed by atoms with van der Waals surface area (Å²) < 4.78 is 13.1. The number of carbonyl (C=O) groups excluding carboxylic acids is 1. The lowest BCUT2D eigenvalue weighted by Gasteiger charge is -2.14. The van der Waals surface area contributed by atoms with Crippen LogP contribution in [0, 0.1) is 11.7 Å². The molecule has 1 aliphatic rings. The van der Waals surface area contributed by atoms with Gasteiger partial charge in [-0.25, -0.2) is 9.18 Å². The number of amides is 2. The van der Waals surface area contributed by atoms with Crippen LogP contribution in [0.2, 0.25) is 0 Å². The Morgan fingerprint density at radius 2 is 2.13 bits per heavy atom.